The molecule has 1 unspecified atom stereocenters. The lowest BCUT2D eigenvalue weighted by molar-refractivity contribution is 0.503. The Bertz CT molecular complexity index is 522. The summed E-state index contributed by atoms with van der Waals surface area (Å²) in [5.74, 6) is 0.576. The van der Waals surface area contributed by atoms with Crippen LogP contribution in [-0.2, 0) is 6.42 Å². The van der Waals surface area contributed by atoms with Crippen LogP contribution >= 0.6 is 0 Å². The van der Waals surface area contributed by atoms with Crippen LogP contribution in [0.1, 0.15) is 36.3 Å². The zero-order valence-electron chi connectivity index (χ0n) is 11.9. The van der Waals surface area contributed by atoms with Gasteiger partial charge in [0.2, 0.25) is 0 Å². The minimum Gasteiger partial charge on any atom is -0.307 e. The summed E-state index contributed by atoms with van der Waals surface area (Å²) in [5.41, 5.74) is 2.12. The average molecular weight is 273 g/mol. The highest BCUT2D eigenvalue weighted by Crippen LogP contribution is 2.15. The summed E-state index contributed by atoms with van der Waals surface area (Å²) in [5, 5.41) is 3.45. The number of hydrogen-bond acceptors (Lipinski definition) is 3. The first kappa shape index (κ1) is 14.6. The maximum absolute atomic E-state index is 13.0. The first-order valence-electron chi connectivity index (χ1n) is 6.95. The molecule has 1 atom stereocenters. The van der Waals surface area contributed by atoms with Crippen LogP contribution in [-0.4, -0.2) is 16.5 Å². The Hall–Kier alpha value is -1.81. The molecule has 20 heavy (non-hydrogen) atoms. The zero-order valence-corrected chi connectivity index (χ0v) is 11.9. The normalized spacial score (nSPS) is 12.3. The van der Waals surface area contributed by atoms with Crippen LogP contribution in [0.15, 0.2) is 36.7 Å². The van der Waals surface area contributed by atoms with E-state index in [1.54, 1.807) is 0 Å². The van der Waals surface area contributed by atoms with Crippen LogP contribution in [0.5, 0.6) is 0 Å². The molecule has 4 heteroatoms. The largest absolute Gasteiger partial charge is 0.307 e. The zero-order chi connectivity index (χ0) is 14.4. The number of aryl methyl sites for hydroxylation is 1. The van der Waals surface area contributed by atoms with Gasteiger partial charge in [0, 0.05) is 12.4 Å². The molecular formula is C16H20FN3. The number of halogens is 1. The smallest absolute Gasteiger partial charge is 0.145 e. The van der Waals surface area contributed by atoms with Gasteiger partial charge in [-0.05, 0) is 49.6 Å². The van der Waals surface area contributed by atoms with Gasteiger partial charge in [0.05, 0.1) is 6.04 Å². The average Bonchev–Trinajstić information content (AvgIpc) is 2.46. The van der Waals surface area contributed by atoms with Crippen molar-refractivity contribution in [2.75, 3.05) is 6.54 Å². The third kappa shape index (κ3) is 4.10. The van der Waals surface area contributed by atoms with Crippen LogP contribution in [0.25, 0.3) is 0 Å². The van der Waals surface area contributed by atoms with Gasteiger partial charge in [-0.15, -0.1) is 0 Å². The predicted octanol–water partition coefficient (Wildman–Crippen LogP) is 3.21. The third-order valence-electron chi connectivity index (χ3n) is 3.11. The van der Waals surface area contributed by atoms with Gasteiger partial charge < -0.3 is 5.32 Å². The van der Waals surface area contributed by atoms with E-state index in [1.807, 2.05) is 31.5 Å². The Morgan fingerprint density at radius 3 is 2.40 bits per heavy atom. The fraction of sp³-hybridized carbons (Fsp3) is 0.375. The molecule has 0 aliphatic heterocycles. The molecule has 2 aromatic rings. The molecule has 0 amide bonds. The molecule has 1 aromatic heterocycles. The minimum atomic E-state index is -0.210. The number of nitrogens with zero attached hydrogens (tertiary/aromatic N) is 2. The molecule has 1 aromatic carbocycles. The van der Waals surface area contributed by atoms with Gasteiger partial charge >= 0.3 is 0 Å². The van der Waals surface area contributed by atoms with Crippen molar-refractivity contribution in [1.29, 1.82) is 0 Å². The van der Waals surface area contributed by atoms with Crippen molar-refractivity contribution < 1.29 is 4.39 Å². The summed E-state index contributed by atoms with van der Waals surface area (Å²) in [6.07, 6.45) is 5.45. The lowest BCUT2D eigenvalue weighted by Gasteiger charge is -2.17. The highest BCUT2D eigenvalue weighted by molar-refractivity contribution is 5.18. The summed E-state index contributed by atoms with van der Waals surface area (Å²) in [7, 11) is 0. The highest BCUT2D eigenvalue weighted by atomic mass is 19.1. The molecule has 0 fully saturated rings. The Morgan fingerprint density at radius 2 is 1.80 bits per heavy atom. The van der Waals surface area contributed by atoms with E-state index < -0.39 is 0 Å². The second-order valence-electron chi connectivity index (χ2n) is 4.96. The Kier molecular flexibility index (Phi) is 5.18. The predicted molar refractivity (Wildman–Crippen MR) is 77.9 cm³/mol. The minimum absolute atomic E-state index is 0.0565. The van der Waals surface area contributed by atoms with Crippen molar-refractivity contribution >= 4 is 0 Å². The van der Waals surface area contributed by atoms with Crippen molar-refractivity contribution in [3.05, 3.63) is 59.4 Å². The number of aromatic nitrogens is 2. The fourth-order valence-corrected chi connectivity index (χ4v) is 2.01. The van der Waals surface area contributed by atoms with E-state index in [0.29, 0.717) is 0 Å². The molecule has 0 aliphatic carbocycles. The van der Waals surface area contributed by atoms with Gasteiger partial charge in [-0.1, -0.05) is 19.1 Å². The molecule has 0 saturated heterocycles. The standard InChI is InChI=1S/C16H20FN3/c1-3-8-18-15(16-19-10-12(2)11-20-16)9-13-4-6-14(17)7-5-13/h4-7,10-11,15,18H,3,8-9H2,1-2H3. The Labute approximate surface area is 119 Å². The number of nitrogens with one attached hydrogen (secondary N) is 1. The molecule has 0 bridgehead atoms. The highest BCUT2D eigenvalue weighted by Gasteiger charge is 2.14. The first-order chi connectivity index (χ1) is 9.69. The van der Waals surface area contributed by atoms with Gasteiger partial charge in [0.25, 0.3) is 0 Å². The van der Waals surface area contributed by atoms with Crippen LogP contribution in [0, 0.1) is 12.7 Å². The number of rotatable bonds is 6. The van der Waals surface area contributed by atoms with E-state index in [0.717, 1.165) is 36.3 Å². The summed E-state index contributed by atoms with van der Waals surface area (Å²) >= 11 is 0. The molecule has 0 saturated carbocycles. The fourth-order valence-electron chi connectivity index (χ4n) is 2.01. The maximum atomic E-state index is 13.0. The third-order valence-corrected chi connectivity index (χ3v) is 3.11. The van der Waals surface area contributed by atoms with Gasteiger partial charge in [-0.3, -0.25) is 0 Å². The molecule has 0 aliphatic rings. The van der Waals surface area contributed by atoms with Crippen LogP contribution in [0.3, 0.4) is 0 Å². The van der Waals surface area contributed by atoms with Crippen molar-refractivity contribution in [2.45, 2.75) is 32.7 Å². The summed E-state index contributed by atoms with van der Waals surface area (Å²) in [4.78, 5) is 8.80. The summed E-state index contributed by atoms with van der Waals surface area (Å²) in [6.45, 7) is 5.00. The van der Waals surface area contributed by atoms with Crippen molar-refractivity contribution in [3.63, 3.8) is 0 Å². The van der Waals surface area contributed by atoms with Gasteiger partial charge in [0.1, 0.15) is 11.6 Å². The first-order valence-corrected chi connectivity index (χ1v) is 6.95. The molecule has 1 heterocycles. The number of hydrogen-bond donors (Lipinski definition) is 1. The van der Waals surface area contributed by atoms with E-state index in [-0.39, 0.29) is 11.9 Å². The SMILES string of the molecule is CCCNC(Cc1ccc(F)cc1)c1ncc(C)cn1. The Morgan fingerprint density at radius 1 is 1.15 bits per heavy atom. The summed E-state index contributed by atoms with van der Waals surface area (Å²) < 4.78 is 13.0. The van der Waals surface area contributed by atoms with Gasteiger partial charge in [-0.25, -0.2) is 14.4 Å². The molecule has 3 nitrogen and oxygen atoms in total. The van der Waals surface area contributed by atoms with E-state index in [2.05, 4.69) is 22.2 Å². The summed E-state index contributed by atoms with van der Waals surface area (Å²) in [6, 6.07) is 6.65. The maximum Gasteiger partial charge on any atom is 0.145 e. The van der Waals surface area contributed by atoms with E-state index in [4.69, 9.17) is 0 Å². The quantitative estimate of drug-likeness (QED) is 0.878. The van der Waals surface area contributed by atoms with Crippen molar-refractivity contribution in [3.8, 4) is 0 Å². The second-order valence-corrected chi connectivity index (χ2v) is 4.96. The second kappa shape index (κ2) is 7.10. The van der Waals surface area contributed by atoms with Crippen molar-refractivity contribution in [2.24, 2.45) is 0 Å². The molecule has 1 N–H and O–H groups in total. The van der Waals surface area contributed by atoms with Crippen LogP contribution in [0.2, 0.25) is 0 Å². The van der Waals surface area contributed by atoms with E-state index >= 15 is 0 Å². The van der Waals surface area contributed by atoms with Crippen LogP contribution < -0.4 is 5.32 Å². The van der Waals surface area contributed by atoms with Crippen LogP contribution in [0.4, 0.5) is 4.39 Å². The topological polar surface area (TPSA) is 37.8 Å². The van der Waals surface area contributed by atoms with Gasteiger partial charge in [0.15, 0.2) is 0 Å². The molecular weight excluding hydrogens is 253 g/mol. The number of benzene rings is 1. The molecule has 2 rings (SSSR count). The lowest BCUT2D eigenvalue weighted by Crippen LogP contribution is -2.26. The van der Waals surface area contributed by atoms with Gasteiger partial charge in [-0.2, -0.15) is 0 Å². The Balaban J connectivity index is 2.14. The van der Waals surface area contributed by atoms with E-state index in [9.17, 15) is 4.39 Å². The van der Waals surface area contributed by atoms with Crippen molar-refractivity contribution in [1.82, 2.24) is 15.3 Å². The lowest BCUT2D eigenvalue weighted by atomic mass is 10.0. The van der Waals surface area contributed by atoms with E-state index in [1.165, 1.54) is 12.1 Å². The molecule has 106 valence electrons. The monoisotopic (exact) mass is 273 g/mol. The molecule has 0 spiro atoms. The molecule has 0 radical (unpaired) electrons.